The quantitative estimate of drug-likeness (QED) is 0.169. The second-order valence-electron chi connectivity index (χ2n) is 10.4. The lowest BCUT2D eigenvalue weighted by Crippen LogP contribution is -2.23. The molecule has 0 aliphatic heterocycles. The Hall–Kier alpha value is -2.14. The zero-order chi connectivity index (χ0) is 30.0. The molecule has 3 rings (SSSR count). The fraction of sp³-hybridized carbons (Fsp3) is 0.400. The van der Waals surface area contributed by atoms with Gasteiger partial charge in [-0.15, -0.1) is 4.52 Å². The van der Waals surface area contributed by atoms with Crippen molar-refractivity contribution < 1.29 is 27.1 Å². The van der Waals surface area contributed by atoms with E-state index in [1.165, 1.54) is 0 Å². The Bertz CT molecular complexity index is 1240. The van der Waals surface area contributed by atoms with Crippen molar-refractivity contribution in [3.63, 3.8) is 0 Å². The maximum atomic E-state index is 6.63. The van der Waals surface area contributed by atoms with Crippen molar-refractivity contribution >= 4 is 24.7 Å². The highest BCUT2D eigenvalue weighted by molar-refractivity contribution is 7.75. The van der Waals surface area contributed by atoms with Crippen molar-refractivity contribution in [3.05, 3.63) is 89.5 Å². The third-order valence-electron chi connectivity index (χ3n) is 5.02. The monoisotopic (exact) mass is 620 g/mol. The number of aryl methyl sites for hydroxylation is 3. The molecule has 0 spiro atoms. The van der Waals surface area contributed by atoms with Crippen molar-refractivity contribution in [2.45, 2.75) is 80.6 Å². The van der Waals surface area contributed by atoms with Crippen LogP contribution in [0.1, 0.15) is 58.2 Å². The van der Waals surface area contributed by atoms with E-state index in [1.54, 1.807) is 0 Å². The van der Waals surface area contributed by atoms with E-state index in [1.807, 2.05) is 135 Å². The summed E-state index contributed by atoms with van der Waals surface area (Å²) in [6.45, 7) is 17.7. The topological polar surface area (TPSA) is 79.8 Å². The van der Waals surface area contributed by atoms with Gasteiger partial charge in [0.25, 0.3) is 0 Å². The molecule has 11 heteroatoms. The highest BCUT2D eigenvalue weighted by Crippen LogP contribution is 2.68. The number of hydrogen-bond acceptors (Lipinski definition) is 8. The molecule has 0 bridgehead atoms. The first kappa shape index (κ1) is 33.4. The highest BCUT2D eigenvalue weighted by atomic mass is 31.3. The predicted molar refractivity (Wildman–Crippen MR) is 170 cm³/mol. The van der Waals surface area contributed by atoms with Crippen LogP contribution < -0.4 is 18.4 Å². The minimum absolute atomic E-state index is 0.142. The van der Waals surface area contributed by atoms with Crippen LogP contribution in [-0.4, -0.2) is 18.3 Å². The van der Waals surface area contributed by atoms with Crippen LogP contribution in [0.3, 0.4) is 0 Å². The number of hydrogen-bond donors (Lipinski definition) is 1. The first-order valence-electron chi connectivity index (χ1n) is 13.7. The molecule has 222 valence electrons. The molecule has 8 nitrogen and oxygen atoms in total. The molecule has 3 unspecified atom stereocenters. The molecule has 0 aliphatic rings. The summed E-state index contributed by atoms with van der Waals surface area (Å²) in [5.74, 6) is 1.88. The second-order valence-corrected chi connectivity index (χ2v) is 15.1. The van der Waals surface area contributed by atoms with E-state index in [9.17, 15) is 0 Å². The predicted octanol–water partition coefficient (Wildman–Crippen LogP) is 10.4. The van der Waals surface area contributed by atoms with E-state index >= 15 is 0 Å². The fourth-order valence-corrected chi connectivity index (χ4v) is 9.15. The third-order valence-corrected chi connectivity index (χ3v) is 11.3. The molecule has 0 radical (unpaired) electrons. The van der Waals surface area contributed by atoms with Crippen LogP contribution >= 0.6 is 24.7 Å². The van der Waals surface area contributed by atoms with Gasteiger partial charge in [0.15, 0.2) is 11.5 Å². The molecule has 0 fully saturated rings. The van der Waals surface area contributed by atoms with Crippen molar-refractivity contribution in [2.24, 2.45) is 4.52 Å². The van der Waals surface area contributed by atoms with Crippen molar-refractivity contribution in [3.8, 4) is 17.2 Å². The molecule has 3 aromatic rings. The summed E-state index contributed by atoms with van der Waals surface area (Å²) in [6.07, 6.45) is -0.555. The number of rotatable bonds is 15. The van der Waals surface area contributed by atoms with Gasteiger partial charge in [-0.1, -0.05) is 53.1 Å². The van der Waals surface area contributed by atoms with Crippen LogP contribution in [0.2, 0.25) is 0 Å². The molecule has 0 aromatic heterocycles. The van der Waals surface area contributed by atoms with E-state index in [4.69, 9.17) is 31.7 Å². The van der Waals surface area contributed by atoms with E-state index < -0.39 is 24.7 Å². The number of nitrogens with zero attached hydrogens (tertiary/aromatic N) is 1. The summed E-state index contributed by atoms with van der Waals surface area (Å²) in [4.78, 5) is 3.43. The van der Waals surface area contributed by atoms with Gasteiger partial charge in [-0.05, 0) is 104 Å². The van der Waals surface area contributed by atoms with Crippen molar-refractivity contribution in [1.82, 2.24) is 4.86 Å². The summed E-state index contributed by atoms with van der Waals surface area (Å²) in [5, 5.41) is 0. The maximum absolute atomic E-state index is 6.63. The van der Waals surface area contributed by atoms with E-state index in [-0.39, 0.29) is 18.3 Å². The van der Waals surface area contributed by atoms with E-state index in [2.05, 4.69) is 4.86 Å². The summed E-state index contributed by atoms with van der Waals surface area (Å²) in [6, 6.07) is 23.3. The molecule has 0 saturated carbocycles. The zero-order valence-corrected chi connectivity index (χ0v) is 28.1. The Morgan fingerprint density at radius 2 is 1.15 bits per heavy atom. The molecular weight excluding hydrogens is 577 g/mol. The lowest BCUT2D eigenvalue weighted by Gasteiger charge is -2.23. The minimum Gasteiger partial charge on any atom is -0.434 e. The van der Waals surface area contributed by atoms with Crippen LogP contribution in [0.15, 0.2) is 77.3 Å². The van der Waals surface area contributed by atoms with Gasteiger partial charge in [-0.3, -0.25) is 4.52 Å². The Labute approximate surface area is 248 Å². The molecule has 0 heterocycles. The van der Waals surface area contributed by atoms with Gasteiger partial charge in [0.1, 0.15) is 18.0 Å². The van der Waals surface area contributed by atoms with Crippen molar-refractivity contribution in [2.75, 3.05) is 0 Å². The van der Waals surface area contributed by atoms with Gasteiger partial charge in [0.2, 0.25) is 4.52 Å². The largest absolute Gasteiger partial charge is 0.660 e. The number of benzene rings is 3. The van der Waals surface area contributed by atoms with Crippen LogP contribution in [0.25, 0.3) is 0 Å². The maximum Gasteiger partial charge on any atom is 0.660 e. The lowest BCUT2D eigenvalue weighted by atomic mass is 10.2. The average molecular weight is 621 g/mol. The van der Waals surface area contributed by atoms with E-state index in [0.717, 1.165) is 16.7 Å². The van der Waals surface area contributed by atoms with Gasteiger partial charge >= 0.3 is 24.7 Å². The molecule has 41 heavy (non-hydrogen) atoms. The van der Waals surface area contributed by atoms with Gasteiger partial charge in [-0.2, -0.15) is 4.52 Å². The molecular formula is C30H43N2O6P3+2. The van der Waals surface area contributed by atoms with E-state index in [0.29, 0.717) is 17.2 Å². The third kappa shape index (κ3) is 11.9. The summed E-state index contributed by atoms with van der Waals surface area (Å²) >= 11 is 0. The standard InChI is InChI=1S/C30H43N2O6P3/c1-22(2)33-39(35-28-16-10-25(7)11-17-28)31-41(37-24(5)6,38-30-20-14-27(9)15-21-30)32-40(34-23(3)4)36-29-18-12-26(8)13-19-29/h10-24,31H,1-9H3/q+2. The number of nitrogens with one attached hydrogen (secondary N) is 1. The Balaban J connectivity index is 2.11. The molecule has 0 amide bonds. The molecule has 0 saturated heterocycles. The van der Waals surface area contributed by atoms with Gasteiger partial charge in [0, 0.05) is 0 Å². The molecule has 3 atom stereocenters. The average Bonchev–Trinajstić information content (AvgIpc) is 2.87. The second kappa shape index (κ2) is 15.9. The molecule has 0 aliphatic carbocycles. The van der Waals surface area contributed by atoms with Crippen LogP contribution in [0.5, 0.6) is 17.2 Å². The minimum atomic E-state index is -3.37. The molecule has 1 N–H and O–H groups in total. The Morgan fingerprint density at radius 1 is 0.659 bits per heavy atom. The summed E-state index contributed by atoms with van der Waals surface area (Å²) in [7, 11) is -7.00. The fourth-order valence-electron chi connectivity index (χ4n) is 3.23. The van der Waals surface area contributed by atoms with Gasteiger partial charge in [0.05, 0.1) is 6.10 Å². The smallest absolute Gasteiger partial charge is 0.434 e. The van der Waals surface area contributed by atoms with Gasteiger partial charge < -0.3 is 9.05 Å². The lowest BCUT2D eigenvalue weighted by molar-refractivity contribution is 0.217. The normalized spacial score (nSPS) is 14.3. The first-order chi connectivity index (χ1) is 19.4. The van der Waals surface area contributed by atoms with Crippen LogP contribution in [0, 0.1) is 20.8 Å². The van der Waals surface area contributed by atoms with Crippen LogP contribution in [-0.2, 0) is 13.6 Å². The van der Waals surface area contributed by atoms with Crippen LogP contribution in [0.4, 0.5) is 0 Å². The Kier molecular flexibility index (Phi) is 12.9. The van der Waals surface area contributed by atoms with Gasteiger partial charge in [-0.25, -0.2) is 4.52 Å². The Morgan fingerprint density at radius 3 is 1.61 bits per heavy atom. The van der Waals surface area contributed by atoms with Crippen molar-refractivity contribution in [1.29, 1.82) is 0 Å². The zero-order valence-electron chi connectivity index (χ0n) is 25.4. The first-order valence-corrected chi connectivity index (χ1v) is 17.6. The highest BCUT2D eigenvalue weighted by Gasteiger charge is 2.58. The SMILES string of the molecule is Cc1ccc(OP(N[P+](N=[P+](Oc2ccc(C)cc2)OC(C)C)(Oc2ccc(C)cc2)OC(C)C)OC(C)C)cc1. The molecule has 3 aromatic carbocycles. The summed E-state index contributed by atoms with van der Waals surface area (Å²) < 4.78 is 43.3. The summed E-state index contributed by atoms with van der Waals surface area (Å²) in [5.41, 5.74) is 3.37.